The lowest BCUT2D eigenvalue weighted by atomic mass is 10.1. The number of hydrogen-bond acceptors (Lipinski definition) is 2. The van der Waals surface area contributed by atoms with Gasteiger partial charge in [-0.15, -0.1) is 0 Å². The van der Waals surface area contributed by atoms with Gasteiger partial charge in [0.05, 0.1) is 16.6 Å². The average Bonchev–Trinajstić information content (AvgIpc) is 2.61. The topological polar surface area (TPSA) is 52.9 Å². The maximum atomic E-state index is 13.0. The van der Waals surface area contributed by atoms with Crippen LogP contribution in [0.25, 0.3) is 11.1 Å². The van der Waals surface area contributed by atoms with Crippen LogP contribution < -0.4 is 11.3 Å². The molecule has 2 rings (SSSR count). The molecule has 0 amide bonds. The average molecular weight is 287 g/mol. The summed E-state index contributed by atoms with van der Waals surface area (Å²) in [7, 11) is 0. The Bertz CT molecular complexity index is 695. The van der Waals surface area contributed by atoms with Crippen molar-refractivity contribution in [1.82, 2.24) is 9.36 Å². The summed E-state index contributed by atoms with van der Waals surface area (Å²) in [5.74, 6) is 0.522. The first kappa shape index (κ1) is 15.4. The van der Waals surface area contributed by atoms with E-state index in [4.69, 9.17) is 5.73 Å². The van der Waals surface area contributed by atoms with Crippen LogP contribution >= 0.6 is 0 Å². The Morgan fingerprint density at radius 2 is 1.33 bits per heavy atom. The molecule has 0 bridgehead atoms. The molecule has 114 valence electrons. The van der Waals surface area contributed by atoms with Crippen LogP contribution in [0, 0.1) is 0 Å². The summed E-state index contributed by atoms with van der Waals surface area (Å²) in [5, 5.41) is 0. The van der Waals surface area contributed by atoms with Crippen molar-refractivity contribution >= 4 is 5.82 Å². The van der Waals surface area contributed by atoms with Crippen LogP contribution in [-0.2, 0) is 11.1 Å². The molecular weight excluding hydrogens is 262 g/mol. The second-order valence-electron chi connectivity index (χ2n) is 7.40. The molecule has 21 heavy (non-hydrogen) atoms. The Kier molecular flexibility index (Phi) is 3.52. The third-order valence-corrected chi connectivity index (χ3v) is 3.42. The van der Waals surface area contributed by atoms with Crippen molar-refractivity contribution < 1.29 is 0 Å². The zero-order valence-electron chi connectivity index (χ0n) is 13.8. The van der Waals surface area contributed by atoms with Gasteiger partial charge < -0.3 is 5.73 Å². The largest absolute Gasteiger partial charge is 0.383 e. The number of nitrogens with two attached hydrogens (primary N) is 1. The monoisotopic (exact) mass is 287 g/mol. The molecule has 4 nitrogen and oxygen atoms in total. The molecule has 1 aromatic carbocycles. The van der Waals surface area contributed by atoms with Gasteiger partial charge in [0.1, 0.15) is 5.82 Å². The number of nitrogens with zero attached hydrogens (tertiary/aromatic N) is 2. The summed E-state index contributed by atoms with van der Waals surface area (Å²) in [6.45, 7) is 12.2. The van der Waals surface area contributed by atoms with E-state index in [1.165, 1.54) is 0 Å². The molecule has 0 aliphatic rings. The van der Waals surface area contributed by atoms with Gasteiger partial charge in [0.15, 0.2) is 0 Å². The summed E-state index contributed by atoms with van der Waals surface area (Å²) in [6, 6.07) is 9.62. The number of anilines is 1. The molecule has 0 aliphatic carbocycles. The van der Waals surface area contributed by atoms with Crippen molar-refractivity contribution in [2.45, 2.75) is 52.6 Å². The van der Waals surface area contributed by atoms with E-state index in [2.05, 4.69) is 20.8 Å². The Labute approximate surface area is 126 Å². The minimum absolute atomic E-state index is 0.0406. The number of aromatic nitrogens is 2. The van der Waals surface area contributed by atoms with Crippen LogP contribution in [0.2, 0.25) is 0 Å². The Morgan fingerprint density at radius 3 is 1.71 bits per heavy atom. The van der Waals surface area contributed by atoms with Crippen molar-refractivity contribution in [3.63, 3.8) is 0 Å². The molecular formula is C17H25N3O. The highest BCUT2D eigenvalue weighted by Gasteiger charge is 2.31. The van der Waals surface area contributed by atoms with Crippen LogP contribution in [-0.4, -0.2) is 9.36 Å². The van der Waals surface area contributed by atoms with Gasteiger partial charge in [-0.25, -0.2) is 4.68 Å². The van der Waals surface area contributed by atoms with E-state index >= 15 is 0 Å². The fraction of sp³-hybridized carbons (Fsp3) is 0.471. The van der Waals surface area contributed by atoms with Crippen LogP contribution in [0.3, 0.4) is 0 Å². The molecule has 0 spiro atoms. The van der Waals surface area contributed by atoms with Crippen LogP contribution in [0.15, 0.2) is 35.1 Å². The lowest BCUT2D eigenvalue weighted by molar-refractivity contribution is 0.216. The standard InChI is InChI=1S/C17H25N3O/c1-16(2,3)19-14(18)13(12-10-8-7-9-11-12)15(21)20(19)17(4,5)6/h7-11H,18H2,1-6H3. The minimum Gasteiger partial charge on any atom is -0.383 e. The second-order valence-corrected chi connectivity index (χ2v) is 7.40. The molecule has 0 unspecified atom stereocenters. The fourth-order valence-electron chi connectivity index (χ4n) is 2.66. The van der Waals surface area contributed by atoms with E-state index < -0.39 is 0 Å². The quantitative estimate of drug-likeness (QED) is 0.874. The van der Waals surface area contributed by atoms with E-state index in [0.717, 1.165) is 5.56 Å². The minimum atomic E-state index is -0.342. The number of rotatable bonds is 1. The van der Waals surface area contributed by atoms with Crippen LogP contribution in [0.4, 0.5) is 5.82 Å². The summed E-state index contributed by atoms with van der Waals surface area (Å²) in [5.41, 5.74) is 7.15. The van der Waals surface area contributed by atoms with Gasteiger partial charge >= 0.3 is 0 Å². The second kappa shape index (κ2) is 4.79. The third kappa shape index (κ3) is 2.62. The van der Waals surface area contributed by atoms with Gasteiger partial charge in [-0.1, -0.05) is 30.3 Å². The van der Waals surface area contributed by atoms with Gasteiger partial charge in [-0.3, -0.25) is 9.48 Å². The molecule has 2 N–H and O–H groups in total. The molecule has 0 atom stereocenters. The fourth-order valence-corrected chi connectivity index (χ4v) is 2.66. The lowest BCUT2D eigenvalue weighted by Crippen LogP contribution is -2.42. The highest BCUT2D eigenvalue weighted by Crippen LogP contribution is 2.30. The van der Waals surface area contributed by atoms with E-state index in [1.54, 1.807) is 4.68 Å². The Hall–Kier alpha value is -1.97. The molecule has 4 heteroatoms. The predicted octanol–water partition coefficient (Wildman–Crippen LogP) is 3.41. The molecule has 0 saturated heterocycles. The van der Waals surface area contributed by atoms with Crippen LogP contribution in [0.5, 0.6) is 0 Å². The van der Waals surface area contributed by atoms with Crippen molar-refractivity contribution in [1.29, 1.82) is 0 Å². The summed E-state index contributed by atoms with van der Waals surface area (Å²) < 4.78 is 3.68. The first-order valence-corrected chi connectivity index (χ1v) is 7.25. The molecule has 0 saturated carbocycles. The van der Waals surface area contributed by atoms with Gasteiger partial charge in [0.25, 0.3) is 5.56 Å². The Balaban J connectivity index is 2.89. The van der Waals surface area contributed by atoms with Gasteiger partial charge in [-0.2, -0.15) is 0 Å². The van der Waals surface area contributed by atoms with E-state index in [1.807, 2.05) is 55.8 Å². The highest BCUT2D eigenvalue weighted by molar-refractivity contribution is 5.73. The number of hydrogen-bond donors (Lipinski definition) is 1. The molecule has 0 fully saturated rings. The normalized spacial score (nSPS) is 12.7. The number of benzene rings is 1. The smallest absolute Gasteiger partial charge is 0.277 e. The van der Waals surface area contributed by atoms with Crippen molar-refractivity contribution in [3.05, 3.63) is 40.7 Å². The van der Waals surface area contributed by atoms with Crippen molar-refractivity contribution in [3.8, 4) is 11.1 Å². The molecule has 0 radical (unpaired) electrons. The molecule has 1 heterocycles. The molecule has 1 aromatic heterocycles. The van der Waals surface area contributed by atoms with Gasteiger partial charge in [0, 0.05) is 0 Å². The highest BCUT2D eigenvalue weighted by atomic mass is 16.1. The van der Waals surface area contributed by atoms with Gasteiger partial charge in [-0.05, 0) is 47.1 Å². The third-order valence-electron chi connectivity index (χ3n) is 3.42. The van der Waals surface area contributed by atoms with E-state index in [9.17, 15) is 4.79 Å². The van der Waals surface area contributed by atoms with E-state index in [-0.39, 0.29) is 16.6 Å². The first-order chi connectivity index (χ1) is 9.55. The SMILES string of the molecule is CC(C)(C)n1c(N)c(-c2ccccc2)c(=O)n1C(C)(C)C. The molecule has 0 aliphatic heterocycles. The number of nitrogen functional groups attached to an aromatic ring is 1. The van der Waals surface area contributed by atoms with Crippen molar-refractivity contribution in [2.75, 3.05) is 5.73 Å². The maximum absolute atomic E-state index is 13.0. The first-order valence-electron chi connectivity index (χ1n) is 7.25. The summed E-state index contributed by atoms with van der Waals surface area (Å²) in [4.78, 5) is 13.0. The summed E-state index contributed by atoms with van der Waals surface area (Å²) >= 11 is 0. The maximum Gasteiger partial charge on any atom is 0.277 e. The zero-order valence-corrected chi connectivity index (χ0v) is 13.8. The van der Waals surface area contributed by atoms with Crippen molar-refractivity contribution in [2.24, 2.45) is 0 Å². The van der Waals surface area contributed by atoms with Crippen LogP contribution in [0.1, 0.15) is 41.5 Å². The predicted molar refractivity (Wildman–Crippen MR) is 88.5 cm³/mol. The van der Waals surface area contributed by atoms with Gasteiger partial charge in [0.2, 0.25) is 0 Å². The molecule has 2 aromatic rings. The zero-order chi connectivity index (χ0) is 16.0. The van der Waals surface area contributed by atoms with E-state index in [0.29, 0.717) is 11.4 Å². The Morgan fingerprint density at radius 1 is 0.857 bits per heavy atom. The summed E-state index contributed by atoms with van der Waals surface area (Å²) in [6.07, 6.45) is 0. The lowest BCUT2D eigenvalue weighted by Gasteiger charge is -2.32.